The van der Waals surface area contributed by atoms with E-state index in [0.29, 0.717) is 12.1 Å². The Bertz CT molecular complexity index is 922. The Hall–Kier alpha value is -3.06. The summed E-state index contributed by atoms with van der Waals surface area (Å²) in [6, 6.07) is 9.55. The fraction of sp³-hybridized carbons (Fsp3) is 0.238. The van der Waals surface area contributed by atoms with E-state index < -0.39 is 29.4 Å². The monoisotopic (exact) mass is 386 g/mol. The van der Waals surface area contributed by atoms with E-state index in [1.165, 1.54) is 41.3 Å². The Kier molecular flexibility index (Phi) is 5.56. The predicted octanol–water partition coefficient (Wildman–Crippen LogP) is 2.95. The molecule has 1 saturated heterocycles. The first kappa shape index (κ1) is 19.7. The summed E-state index contributed by atoms with van der Waals surface area (Å²) in [5, 5.41) is 10.8. The average molecular weight is 386 g/mol. The Morgan fingerprint density at radius 3 is 2.07 bits per heavy atom. The zero-order valence-corrected chi connectivity index (χ0v) is 15.5. The van der Waals surface area contributed by atoms with E-state index in [4.69, 9.17) is 0 Å². The number of halogens is 2. The maximum Gasteiger partial charge on any atom is 0.295 e. The Balaban J connectivity index is 2.13. The second kappa shape index (κ2) is 7.90. The zero-order chi connectivity index (χ0) is 20.4. The maximum atomic E-state index is 13.4. The molecule has 1 atom stereocenters. The lowest BCUT2D eigenvalue weighted by atomic mass is 9.95. The van der Waals surface area contributed by atoms with E-state index in [9.17, 15) is 23.5 Å². The van der Waals surface area contributed by atoms with Crippen LogP contribution in [0, 0.1) is 11.6 Å². The molecule has 0 radical (unpaired) electrons. The third-order valence-electron chi connectivity index (χ3n) is 4.63. The first-order valence-corrected chi connectivity index (χ1v) is 8.74. The summed E-state index contributed by atoms with van der Waals surface area (Å²) in [4.78, 5) is 28.6. The lowest BCUT2D eigenvalue weighted by Crippen LogP contribution is -2.35. The van der Waals surface area contributed by atoms with Crippen molar-refractivity contribution >= 4 is 17.4 Å². The second-order valence-corrected chi connectivity index (χ2v) is 6.85. The van der Waals surface area contributed by atoms with Crippen LogP contribution < -0.4 is 0 Å². The number of aliphatic hydroxyl groups excluding tert-OH is 1. The van der Waals surface area contributed by atoms with E-state index in [1.54, 1.807) is 0 Å². The van der Waals surface area contributed by atoms with Crippen LogP contribution in [0.15, 0.2) is 54.1 Å². The normalized spacial score (nSPS) is 18.9. The lowest BCUT2D eigenvalue weighted by Gasteiger charge is -2.26. The molecule has 0 aliphatic carbocycles. The fourth-order valence-electron chi connectivity index (χ4n) is 3.17. The summed E-state index contributed by atoms with van der Waals surface area (Å²) in [7, 11) is 3.67. The quantitative estimate of drug-likeness (QED) is 0.488. The Labute approximate surface area is 161 Å². The largest absolute Gasteiger partial charge is 0.507 e. The number of likely N-dealkylation sites (tertiary alicyclic amines) is 1. The van der Waals surface area contributed by atoms with Gasteiger partial charge in [-0.05, 0) is 56.1 Å². The summed E-state index contributed by atoms with van der Waals surface area (Å²) in [6.07, 6.45) is 0. The van der Waals surface area contributed by atoms with Crippen molar-refractivity contribution in [3.63, 3.8) is 0 Å². The van der Waals surface area contributed by atoms with Crippen molar-refractivity contribution in [3.8, 4) is 0 Å². The molecule has 146 valence electrons. The van der Waals surface area contributed by atoms with E-state index in [-0.39, 0.29) is 23.4 Å². The van der Waals surface area contributed by atoms with E-state index >= 15 is 0 Å². The summed E-state index contributed by atoms with van der Waals surface area (Å²) in [5.41, 5.74) is 0.629. The SMILES string of the molecule is CN(C)CCN1C(=O)C(=O)/C(=C(/O)c2ccc(F)cc2)[C@H]1c1ccc(F)cc1. The second-order valence-electron chi connectivity index (χ2n) is 6.85. The smallest absolute Gasteiger partial charge is 0.295 e. The van der Waals surface area contributed by atoms with Crippen molar-refractivity contribution in [2.24, 2.45) is 0 Å². The van der Waals surface area contributed by atoms with E-state index in [0.717, 1.165) is 12.1 Å². The van der Waals surface area contributed by atoms with Gasteiger partial charge in [-0.3, -0.25) is 9.59 Å². The van der Waals surface area contributed by atoms with Crippen LogP contribution in [0.2, 0.25) is 0 Å². The predicted molar refractivity (Wildman–Crippen MR) is 100 cm³/mol. The van der Waals surface area contributed by atoms with Crippen molar-refractivity contribution in [1.29, 1.82) is 0 Å². The van der Waals surface area contributed by atoms with Gasteiger partial charge >= 0.3 is 0 Å². The molecule has 7 heteroatoms. The Morgan fingerprint density at radius 1 is 1.00 bits per heavy atom. The molecular weight excluding hydrogens is 366 g/mol. The first-order chi connectivity index (χ1) is 13.3. The molecular formula is C21H20F2N2O3. The molecule has 2 aromatic carbocycles. The first-order valence-electron chi connectivity index (χ1n) is 8.74. The van der Waals surface area contributed by atoms with Gasteiger partial charge in [-0.25, -0.2) is 8.78 Å². The van der Waals surface area contributed by atoms with Gasteiger partial charge in [0.1, 0.15) is 17.4 Å². The van der Waals surface area contributed by atoms with Crippen LogP contribution >= 0.6 is 0 Å². The van der Waals surface area contributed by atoms with Gasteiger partial charge in [0.15, 0.2) is 0 Å². The fourth-order valence-corrected chi connectivity index (χ4v) is 3.17. The molecule has 5 nitrogen and oxygen atoms in total. The third-order valence-corrected chi connectivity index (χ3v) is 4.63. The molecule has 3 rings (SSSR count). The van der Waals surface area contributed by atoms with Crippen molar-refractivity contribution < 1.29 is 23.5 Å². The van der Waals surface area contributed by atoms with Crippen LogP contribution in [-0.2, 0) is 9.59 Å². The molecule has 1 amide bonds. The van der Waals surface area contributed by atoms with Crippen molar-refractivity contribution in [3.05, 3.63) is 76.9 Å². The molecule has 1 heterocycles. The number of likely N-dealkylation sites (N-methyl/N-ethyl adjacent to an activating group) is 1. The molecule has 0 spiro atoms. The number of carbonyl (C=O) groups is 2. The highest BCUT2D eigenvalue weighted by molar-refractivity contribution is 6.46. The van der Waals surface area contributed by atoms with Gasteiger partial charge in [-0.2, -0.15) is 0 Å². The maximum absolute atomic E-state index is 13.4. The minimum absolute atomic E-state index is 0.0954. The summed E-state index contributed by atoms with van der Waals surface area (Å²) in [6.45, 7) is 0.751. The number of ketones is 1. The van der Waals surface area contributed by atoms with E-state index in [1.807, 2.05) is 19.0 Å². The molecule has 0 saturated carbocycles. The molecule has 0 unspecified atom stereocenters. The van der Waals surface area contributed by atoms with Gasteiger partial charge < -0.3 is 14.9 Å². The molecule has 0 aromatic heterocycles. The number of aliphatic hydroxyl groups is 1. The topological polar surface area (TPSA) is 60.9 Å². The molecule has 1 aliphatic heterocycles. The van der Waals surface area contributed by atoms with Gasteiger partial charge in [0.05, 0.1) is 11.6 Å². The molecule has 2 aromatic rings. The molecule has 0 bridgehead atoms. The van der Waals surface area contributed by atoms with Crippen LogP contribution in [0.25, 0.3) is 5.76 Å². The summed E-state index contributed by atoms with van der Waals surface area (Å²) >= 11 is 0. The van der Waals surface area contributed by atoms with Gasteiger partial charge in [0, 0.05) is 18.7 Å². The van der Waals surface area contributed by atoms with Gasteiger partial charge in [0.25, 0.3) is 11.7 Å². The standard InChI is InChI=1S/C21H20F2N2O3/c1-24(2)11-12-25-18(13-3-7-15(22)8-4-13)17(20(27)21(25)28)19(26)14-5-9-16(23)10-6-14/h3-10,18,26H,11-12H2,1-2H3/b19-17+/t18-/m1/s1. The number of benzene rings is 2. The highest BCUT2D eigenvalue weighted by atomic mass is 19.1. The lowest BCUT2D eigenvalue weighted by molar-refractivity contribution is -0.140. The van der Waals surface area contributed by atoms with Crippen LogP contribution in [-0.4, -0.2) is 53.8 Å². The minimum Gasteiger partial charge on any atom is -0.507 e. The summed E-state index contributed by atoms with van der Waals surface area (Å²) < 4.78 is 26.6. The van der Waals surface area contributed by atoms with Crippen molar-refractivity contribution in [1.82, 2.24) is 9.80 Å². The average Bonchev–Trinajstić information content (AvgIpc) is 2.91. The van der Waals surface area contributed by atoms with Crippen LogP contribution in [0.3, 0.4) is 0 Å². The molecule has 1 aliphatic rings. The zero-order valence-electron chi connectivity index (χ0n) is 15.5. The molecule has 1 N–H and O–H groups in total. The van der Waals surface area contributed by atoms with Gasteiger partial charge in [0.2, 0.25) is 0 Å². The molecule has 28 heavy (non-hydrogen) atoms. The number of amides is 1. The highest BCUT2D eigenvalue weighted by Gasteiger charge is 2.45. The highest BCUT2D eigenvalue weighted by Crippen LogP contribution is 2.39. The number of carbonyl (C=O) groups excluding carboxylic acids is 2. The minimum atomic E-state index is -0.856. The summed E-state index contributed by atoms with van der Waals surface area (Å²) in [5.74, 6) is -2.89. The number of hydrogen-bond donors (Lipinski definition) is 1. The van der Waals surface area contributed by atoms with Gasteiger partial charge in [-0.15, -0.1) is 0 Å². The van der Waals surface area contributed by atoms with Crippen molar-refractivity contribution in [2.75, 3.05) is 27.2 Å². The van der Waals surface area contributed by atoms with Gasteiger partial charge in [-0.1, -0.05) is 12.1 Å². The number of rotatable bonds is 5. The number of nitrogens with zero attached hydrogens (tertiary/aromatic N) is 2. The van der Waals surface area contributed by atoms with Crippen LogP contribution in [0.1, 0.15) is 17.2 Å². The third kappa shape index (κ3) is 3.80. The van der Waals surface area contributed by atoms with E-state index in [2.05, 4.69) is 0 Å². The number of hydrogen-bond acceptors (Lipinski definition) is 4. The Morgan fingerprint density at radius 2 is 1.54 bits per heavy atom. The molecule has 1 fully saturated rings. The van der Waals surface area contributed by atoms with Crippen LogP contribution in [0.4, 0.5) is 8.78 Å². The number of Topliss-reactive ketones (excluding diaryl/α,β-unsaturated/α-hetero) is 1. The van der Waals surface area contributed by atoms with Crippen molar-refractivity contribution in [2.45, 2.75) is 6.04 Å². The van der Waals surface area contributed by atoms with Crippen LogP contribution in [0.5, 0.6) is 0 Å².